The maximum atomic E-state index is 12.3. The Balaban J connectivity index is 2.77. The number of ether oxygens (including phenoxy) is 1. The predicted octanol–water partition coefficient (Wildman–Crippen LogP) is 3.21. The fourth-order valence-electron chi connectivity index (χ4n) is 1.99. The van der Waals surface area contributed by atoms with E-state index in [1.54, 1.807) is 12.1 Å². The lowest BCUT2D eigenvalue weighted by Gasteiger charge is -2.17. The second-order valence-corrected chi connectivity index (χ2v) is 6.81. The Bertz CT molecular complexity index is 563. The van der Waals surface area contributed by atoms with E-state index in [-0.39, 0.29) is 17.3 Å². The summed E-state index contributed by atoms with van der Waals surface area (Å²) in [7, 11) is -2.50. The first-order valence-electron chi connectivity index (χ1n) is 7.45. The summed E-state index contributed by atoms with van der Waals surface area (Å²) in [5.74, 6) is -0.363. The third kappa shape index (κ3) is 6.15. The van der Waals surface area contributed by atoms with Crippen LogP contribution in [0.15, 0.2) is 29.2 Å². The van der Waals surface area contributed by atoms with Crippen molar-refractivity contribution < 1.29 is 22.1 Å². The van der Waals surface area contributed by atoms with Crippen LogP contribution in [0.4, 0.5) is 0 Å². The first-order chi connectivity index (χ1) is 10.4. The second kappa shape index (κ2) is 8.90. The quantitative estimate of drug-likeness (QED) is 0.514. The number of benzene rings is 1. The molecule has 1 aromatic carbocycles. The summed E-state index contributed by atoms with van der Waals surface area (Å²) < 4.78 is 34.5. The van der Waals surface area contributed by atoms with Crippen LogP contribution in [-0.2, 0) is 23.8 Å². The molecule has 1 atom stereocenters. The van der Waals surface area contributed by atoms with Gasteiger partial charge in [0.05, 0.1) is 18.1 Å². The van der Waals surface area contributed by atoms with Gasteiger partial charge in [-0.05, 0) is 31.9 Å². The zero-order chi connectivity index (χ0) is 16.6. The normalized spacial score (nSPS) is 12.9. The molecule has 6 heteroatoms. The highest BCUT2D eigenvalue weighted by Crippen LogP contribution is 2.20. The Morgan fingerprint density at radius 3 is 2.36 bits per heavy atom. The lowest BCUT2D eigenvalue weighted by atomic mass is 10.1. The maximum absolute atomic E-state index is 12.3. The van der Waals surface area contributed by atoms with Crippen molar-refractivity contribution in [3.05, 3.63) is 29.8 Å². The van der Waals surface area contributed by atoms with Gasteiger partial charge in [0.15, 0.2) is 0 Å². The van der Waals surface area contributed by atoms with Crippen LogP contribution in [0, 0.1) is 6.92 Å². The molecule has 22 heavy (non-hydrogen) atoms. The Kier molecular flexibility index (Phi) is 7.55. The fraction of sp³-hybridized carbons (Fsp3) is 0.562. The third-order valence-corrected chi connectivity index (χ3v) is 4.73. The van der Waals surface area contributed by atoms with Gasteiger partial charge in [-0.2, -0.15) is 8.42 Å². The molecule has 0 saturated heterocycles. The van der Waals surface area contributed by atoms with Gasteiger partial charge in [0, 0.05) is 6.42 Å². The zero-order valence-corrected chi connectivity index (χ0v) is 14.2. The SMILES string of the molecule is CCCCC(CCC(=O)OC)OS(=O)(=O)c1ccc(C)cc1. The average Bonchev–Trinajstić information content (AvgIpc) is 2.49. The molecule has 0 aromatic heterocycles. The largest absolute Gasteiger partial charge is 0.469 e. The summed E-state index contributed by atoms with van der Waals surface area (Å²) in [5.41, 5.74) is 0.979. The highest BCUT2D eigenvalue weighted by molar-refractivity contribution is 7.86. The summed E-state index contributed by atoms with van der Waals surface area (Å²) >= 11 is 0. The molecular weight excluding hydrogens is 304 g/mol. The summed E-state index contributed by atoms with van der Waals surface area (Å²) in [4.78, 5) is 11.4. The lowest BCUT2D eigenvalue weighted by Crippen LogP contribution is -2.20. The molecule has 0 saturated carbocycles. The van der Waals surface area contributed by atoms with Crippen molar-refractivity contribution in [3.8, 4) is 0 Å². The smallest absolute Gasteiger partial charge is 0.305 e. The lowest BCUT2D eigenvalue weighted by molar-refractivity contribution is -0.141. The molecule has 0 spiro atoms. The van der Waals surface area contributed by atoms with Gasteiger partial charge in [-0.25, -0.2) is 0 Å². The van der Waals surface area contributed by atoms with Crippen molar-refractivity contribution >= 4 is 16.1 Å². The van der Waals surface area contributed by atoms with Crippen LogP contribution in [0.2, 0.25) is 0 Å². The molecular formula is C16H24O5S. The second-order valence-electron chi connectivity index (χ2n) is 5.24. The van der Waals surface area contributed by atoms with E-state index in [0.717, 1.165) is 18.4 Å². The molecule has 0 aliphatic carbocycles. The molecule has 0 aliphatic heterocycles. The predicted molar refractivity (Wildman–Crippen MR) is 84.0 cm³/mol. The van der Waals surface area contributed by atoms with E-state index in [2.05, 4.69) is 4.74 Å². The molecule has 0 N–H and O–H groups in total. The molecule has 1 unspecified atom stereocenters. The standard InChI is InChI=1S/C16H24O5S/c1-4-5-6-14(9-12-16(17)20-3)21-22(18,19)15-10-7-13(2)8-11-15/h7-8,10-11,14H,4-6,9,12H2,1-3H3. The van der Waals surface area contributed by atoms with Crippen LogP contribution in [0.1, 0.15) is 44.6 Å². The summed E-state index contributed by atoms with van der Waals surface area (Å²) in [6, 6.07) is 6.52. The van der Waals surface area contributed by atoms with Crippen molar-refractivity contribution in [2.75, 3.05) is 7.11 Å². The summed E-state index contributed by atoms with van der Waals surface area (Å²) in [6.45, 7) is 3.91. The van der Waals surface area contributed by atoms with E-state index in [0.29, 0.717) is 12.8 Å². The summed E-state index contributed by atoms with van der Waals surface area (Å²) in [6.07, 6.45) is 2.34. The van der Waals surface area contributed by atoms with E-state index in [4.69, 9.17) is 4.18 Å². The van der Waals surface area contributed by atoms with Crippen molar-refractivity contribution in [2.24, 2.45) is 0 Å². The van der Waals surface area contributed by atoms with Gasteiger partial charge in [0.25, 0.3) is 10.1 Å². The van der Waals surface area contributed by atoms with Crippen molar-refractivity contribution in [1.82, 2.24) is 0 Å². The minimum Gasteiger partial charge on any atom is -0.469 e. The number of methoxy groups -OCH3 is 1. The van der Waals surface area contributed by atoms with Gasteiger partial charge in [-0.1, -0.05) is 37.5 Å². The minimum atomic E-state index is -3.81. The van der Waals surface area contributed by atoms with Gasteiger partial charge in [0.1, 0.15) is 0 Å². The monoisotopic (exact) mass is 328 g/mol. The van der Waals surface area contributed by atoms with Gasteiger partial charge < -0.3 is 4.74 Å². The Hall–Kier alpha value is -1.40. The van der Waals surface area contributed by atoms with Gasteiger partial charge in [-0.15, -0.1) is 0 Å². The molecule has 0 aliphatic rings. The number of aryl methyl sites for hydroxylation is 1. The van der Waals surface area contributed by atoms with Crippen molar-refractivity contribution in [3.63, 3.8) is 0 Å². The van der Waals surface area contributed by atoms with Gasteiger partial charge in [-0.3, -0.25) is 8.98 Å². The van der Waals surface area contributed by atoms with Crippen LogP contribution in [0.3, 0.4) is 0 Å². The number of rotatable bonds is 9. The molecule has 0 amide bonds. The van der Waals surface area contributed by atoms with E-state index in [9.17, 15) is 13.2 Å². The zero-order valence-electron chi connectivity index (χ0n) is 13.4. The van der Waals surface area contributed by atoms with Crippen molar-refractivity contribution in [1.29, 1.82) is 0 Å². The van der Waals surface area contributed by atoms with E-state index >= 15 is 0 Å². The molecule has 124 valence electrons. The highest BCUT2D eigenvalue weighted by Gasteiger charge is 2.22. The number of carbonyl (C=O) groups is 1. The molecule has 1 aromatic rings. The Morgan fingerprint density at radius 2 is 1.82 bits per heavy atom. The molecule has 0 heterocycles. The summed E-state index contributed by atoms with van der Waals surface area (Å²) in [5, 5.41) is 0. The van der Waals surface area contributed by atoms with Crippen LogP contribution in [-0.4, -0.2) is 27.6 Å². The maximum Gasteiger partial charge on any atom is 0.305 e. The van der Waals surface area contributed by atoms with E-state index in [1.807, 2.05) is 13.8 Å². The fourth-order valence-corrected chi connectivity index (χ4v) is 3.12. The van der Waals surface area contributed by atoms with E-state index in [1.165, 1.54) is 19.2 Å². The van der Waals surface area contributed by atoms with Crippen LogP contribution in [0.5, 0.6) is 0 Å². The molecule has 5 nitrogen and oxygen atoms in total. The van der Waals surface area contributed by atoms with Crippen molar-refractivity contribution in [2.45, 2.75) is 57.0 Å². The number of hydrogen-bond donors (Lipinski definition) is 0. The van der Waals surface area contributed by atoms with Gasteiger partial charge >= 0.3 is 5.97 Å². The van der Waals surface area contributed by atoms with Crippen LogP contribution >= 0.6 is 0 Å². The number of carbonyl (C=O) groups excluding carboxylic acids is 1. The Labute approximate surface area is 132 Å². The number of esters is 1. The average molecular weight is 328 g/mol. The molecule has 0 fully saturated rings. The highest BCUT2D eigenvalue weighted by atomic mass is 32.2. The number of hydrogen-bond acceptors (Lipinski definition) is 5. The van der Waals surface area contributed by atoms with Crippen LogP contribution < -0.4 is 0 Å². The Morgan fingerprint density at radius 1 is 1.18 bits per heavy atom. The van der Waals surface area contributed by atoms with E-state index < -0.39 is 16.2 Å². The number of unbranched alkanes of at least 4 members (excludes halogenated alkanes) is 1. The van der Waals surface area contributed by atoms with Crippen LogP contribution in [0.25, 0.3) is 0 Å². The molecule has 0 radical (unpaired) electrons. The third-order valence-electron chi connectivity index (χ3n) is 3.35. The van der Waals surface area contributed by atoms with Gasteiger partial charge in [0.2, 0.25) is 0 Å². The minimum absolute atomic E-state index is 0.137. The molecule has 1 rings (SSSR count). The topological polar surface area (TPSA) is 69.7 Å². The first kappa shape index (κ1) is 18.6. The first-order valence-corrected chi connectivity index (χ1v) is 8.86. The molecule has 0 bridgehead atoms.